The van der Waals surface area contributed by atoms with Gasteiger partial charge in [-0.25, -0.2) is 0 Å². The Bertz CT molecular complexity index is 803. The third-order valence-electron chi connectivity index (χ3n) is 4.06. The molecule has 5 heteroatoms. The molecule has 1 aromatic carbocycles. The summed E-state index contributed by atoms with van der Waals surface area (Å²) >= 11 is 0. The molecule has 24 heavy (non-hydrogen) atoms. The number of amides is 1. The van der Waals surface area contributed by atoms with Gasteiger partial charge in [0.25, 0.3) is 5.91 Å². The number of rotatable bonds is 4. The van der Waals surface area contributed by atoms with E-state index in [1.54, 1.807) is 11.0 Å². The van der Waals surface area contributed by atoms with Gasteiger partial charge in [0.15, 0.2) is 0 Å². The molecule has 1 aliphatic rings. The van der Waals surface area contributed by atoms with E-state index >= 15 is 0 Å². The van der Waals surface area contributed by atoms with Crippen molar-refractivity contribution in [2.75, 3.05) is 19.7 Å². The number of para-hydroxylation sites is 1. The summed E-state index contributed by atoms with van der Waals surface area (Å²) < 4.78 is 5.69. The molecule has 0 unspecified atom stereocenters. The van der Waals surface area contributed by atoms with E-state index < -0.39 is 0 Å². The fourth-order valence-corrected chi connectivity index (χ4v) is 2.84. The summed E-state index contributed by atoms with van der Waals surface area (Å²) in [6.45, 7) is 3.79. The van der Waals surface area contributed by atoms with Gasteiger partial charge in [0.2, 0.25) is 5.56 Å². The minimum atomic E-state index is -0.208. The topological polar surface area (TPSA) is 62.4 Å². The van der Waals surface area contributed by atoms with Crippen molar-refractivity contribution in [2.24, 2.45) is 0 Å². The minimum absolute atomic E-state index is 0.0698. The molecule has 124 valence electrons. The molecule has 5 nitrogen and oxygen atoms in total. The predicted octanol–water partition coefficient (Wildman–Crippen LogP) is 2.70. The van der Waals surface area contributed by atoms with Gasteiger partial charge in [0.05, 0.1) is 12.2 Å². The first-order chi connectivity index (χ1) is 11.7. The van der Waals surface area contributed by atoms with Crippen LogP contribution in [0.4, 0.5) is 0 Å². The van der Waals surface area contributed by atoms with Gasteiger partial charge in [-0.15, -0.1) is 0 Å². The summed E-state index contributed by atoms with van der Waals surface area (Å²) in [6.07, 6.45) is 4.32. The average molecular weight is 324 g/mol. The van der Waals surface area contributed by atoms with Crippen LogP contribution in [0.25, 0.3) is 5.57 Å². The monoisotopic (exact) mass is 324 g/mol. The molecule has 0 radical (unpaired) electrons. The fraction of sp³-hybridized carbons (Fsp3) is 0.263. The first-order valence-corrected chi connectivity index (χ1v) is 8.08. The molecule has 0 saturated heterocycles. The van der Waals surface area contributed by atoms with Crippen molar-refractivity contribution in [2.45, 2.75) is 13.3 Å². The van der Waals surface area contributed by atoms with Crippen LogP contribution in [0, 0.1) is 0 Å². The van der Waals surface area contributed by atoms with Crippen molar-refractivity contribution in [1.82, 2.24) is 9.88 Å². The van der Waals surface area contributed by atoms with E-state index in [1.807, 2.05) is 25.1 Å². The van der Waals surface area contributed by atoms with Crippen molar-refractivity contribution in [3.05, 3.63) is 70.2 Å². The van der Waals surface area contributed by atoms with E-state index in [9.17, 15) is 9.59 Å². The first-order valence-electron chi connectivity index (χ1n) is 8.08. The zero-order valence-electron chi connectivity index (χ0n) is 13.6. The van der Waals surface area contributed by atoms with E-state index in [2.05, 4.69) is 17.1 Å². The summed E-state index contributed by atoms with van der Waals surface area (Å²) in [5.41, 5.74) is 2.58. The normalized spacial score (nSPS) is 14.2. The number of pyridine rings is 1. The standard InChI is InChI=1S/C19H20N2O3/c1-2-24-17-6-4-3-5-16(17)14-9-11-21(12-10-14)19(23)15-7-8-18(22)20-13-15/h3-9,13H,2,10-12H2,1H3,(H,20,22). The van der Waals surface area contributed by atoms with Crippen LogP contribution in [0.5, 0.6) is 5.75 Å². The lowest BCUT2D eigenvalue weighted by Crippen LogP contribution is -2.35. The number of hydrogen-bond acceptors (Lipinski definition) is 3. The van der Waals surface area contributed by atoms with Crippen molar-refractivity contribution >= 4 is 11.5 Å². The number of benzene rings is 1. The number of ether oxygens (including phenoxy) is 1. The van der Waals surface area contributed by atoms with Crippen LogP contribution in [-0.2, 0) is 0 Å². The number of hydrogen-bond donors (Lipinski definition) is 1. The van der Waals surface area contributed by atoms with Crippen LogP contribution in [0.3, 0.4) is 0 Å². The van der Waals surface area contributed by atoms with Gasteiger partial charge in [0.1, 0.15) is 5.75 Å². The molecule has 1 aromatic heterocycles. The lowest BCUT2D eigenvalue weighted by atomic mass is 9.98. The highest BCUT2D eigenvalue weighted by molar-refractivity contribution is 5.94. The number of carbonyl (C=O) groups excluding carboxylic acids is 1. The second kappa shape index (κ2) is 7.17. The second-order valence-electron chi connectivity index (χ2n) is 5.60. The first kappa shape index (κ1) is 16.1. The maximum absolute atomic E-state index is 12.5. The molecular formula is C19H20N2O3. The Morgan fingerprint density at radius 3 is 2.75 bits per heavy atom. The Balaban J connectivity index is 1.75. The Morgan fingerprint density at radius 1 is 1.25 bits per heavy atom. The van der Waals surface area contributed by atoms with Gasteiger partial charge in [-0.3, -0.25) is 9.59 Å². The maximum Gasteiger partial charge on any atom is 0.255 e. The Kier molecular flexibility index (Phi) is 4.79. The van der Waals surface area contributed by atoms with Gasteiger partial charge < -0.3 is 14.6 Å². The summed E-state index contributed by atoms with van der Waals surface area (Å²) in [6, 6.07) is 10.9. The molecule has 0 spiro atoms. The largest absolute Gasteiger partial charge is 0.493 e. The number of aromatic amines is 1. The van der Waals surface area contributed by atoms with E-state index in [0.29, 0.717) is 25.3 Å². The molecule has 3 rings (SSSR count). The molecule has 2 aromatic rings. The average Bonchev–Trinajstić information content (AvgIpc) is 2.63. The molecule has 1 aliphatic heterocycles. The highest BCUT2D eigenvalue weighted by Crippen LogP contribution is 2.30. The number of carbonyl (C=O) groups is 1. The van der Waals surface area contributed by atoms with Crippen LogP contribution in [0.15, 0.2) is 53.5 Å². The van der Waals surface area contributed by atoms with Gasteiger partial charge >= 0.3 is 0 Å². The summed E-state index contributed by atoms with van der Waals surface area (Å²) in [5, 5.41) is 0. The van der Waals surface area contributed by atoms with Crippen molar-refractivity contribution < 1.29 is 9.53 Å². The van der Waals surface area contributed by atoms with E-state index in [0.717, 1.165) is 17.7 Å². The number of nitrogens with one attached hydrogen (secondary N) is 1. The molecule has 1 N–H and O–H groups in total. The summed E-state index contributed by atoms with van der Waals surface area (Å²) in [4.78, 5) is 27.9. The molecule has 0 fully saturated rings. The van der Waals surface area contributed by atoms with Crippen LogP contribution in [0.1, 0.15) is 29.3 Å². The smallest absolute Gasteiger partial charge is 0.255 e. The highest BCUT2D eigenvalue weighted by atomic mass is 16.5. The van der Waals surface area contributed by atoms with Crippen molar-refractivity contribution in [1.29, 1.82) is 0 Å². The summed E-state index contributed by atoms with van der Waals surface area (Å²) in [5.74, 6) is 0.811. The third kappa shape index (κ3) is 3.40. The van der Waals surface area contributed by atoms with Gasteiger partial charge in [-0.05, 0) is 31.1 Å². The molecule has 0 aliphatic carbocycles. The van der Waals surface area contributed by atoms with E-state index in [-0.39, 0.29) is 11.5 Å². The summed E-state index contributed by atoms with van der Waals surface area (Å²) in [7, 11) is 0. The molecular weight excluding hydrogens is 304 g/mol. The molecule has 0 atom stereocenters. The zero-order chi connectivity index (χ0) is 16.9. The minimum Gasteiger partial charge on any atom is -0.493 e. The van der Waals surface area contributed by atoms with Gasteiger partial charge in [-0.1, -0.05) is 24.3 Å². The quantitative estimate of drug-likeness (QED) is 0.940. The molecule has 0 saturated carbocycles. The predicted molar refractivity (Wildman–Crippen MR) is 93.2 cm³/mol. The van der Waals surface area contributed by atoms with Crippen LogP contribution in [-0.4, -0.2) is 35.5 Å². The number of nitrogens with zero attached hydrogens (tertiary/aromatic N) is 1. The van der Waals surface area contributed by atoms with E-state index in [1.165, 1.54) is 17.8 Å². The molecule has 2 heterocycles. The van der Waals surface area contributed by atoms with Gasteiger partial charge in [0, 0.05) is 30.9 Å². The SMILES string of the molecule is CCOc1ccccc1C1=CCN(C(=O)c2ccc(=O)[nH]c2)CC1. The lowest BCUT2D eigenvalue weighted by Gasteiger charge is -2.27. The van der Waals surface area contributed by atoms with Crippen LogP contribution >= 0.6 is 0 Å². The zero-order valence-corrected chi connectivity index (χ0v) is 13.6. The lowest BCUT2D eigenvalue weighted by molar-refractivity contribution is 0.0772. The Morgan fingerprint density at radius 2 is 2.08 bits per heavy atom. The van der Waals surface area contributed by atoms with Crippen LogP contribution < -0.4 is 10.3 Å². The maximum atomic E-state index is 12.5. The Labute approximate surface area is 140 Å². The molecule has 1 amide bonds. The Hall–Kier alpha value is -2.82. The third-order valence-corrected chi connectivity index (χ3v) is 4.06. The molecule has 0 bridgehead atoms. The van der Waals surface area contributed by atoms with E-state index in [4.69, 9.17) is 4.74 Å². The van der Waals surface area contributed by atoms with Crippen molar-refractivity contribution in [3.8, 4) is 5.75 Å². The second-order valence-corrected chi connectivity index (χ2v) is 5.60. The van der Waals surface area contributed by atoms with Gasteiger partial charge in [-0.2, -0.15) is 0 Å². The van der Waals surface area contributed by atoms with Crippen molar-refractivity contribution in [3.63, 3.8) is 0 Å². The number of aromatic nitrogens is 1. The van der Waals surface area contributed by atoms with Crippen LogP contribution in [0.2, 0.25) is 0 Å². The number of H-pyrrole nitrogens is 1. The highest BCUT2D eigenvalue weighted by Gasteiger charge is 2.20. The fourth-order valence-electron chi connectivity index (χ4n) is 2.84.